The van der Waals surface area contributed by atoms with Crippen LogP contribution in [0, 0.1) is 5.92 Å². The third-order valence-electron chi connectivity index (χ3n) is 9.75. The van der Waals surface area contributed by atoms with E-state index >= 15 is 0 Å². The predicted octanol–water partition coefficient (Wildman–Crippen LogP) is 6.55. The highest BCUT2D eigenvalue weighted by atomic mass is 32.2. The lowest BCUT2D eigenvalue weighted by Gasteiger charge is -2.17. The van der Waals surface area contributed by atoms with Gasteiger partial charge in [-0.1, -0.05) is 109 Å². The lowest BCUT2D eigenvalue weighted by Crippen LogP contribution is -2.37. The maximum Gasteiger partial charge on any atom is 0.328 e. The van der Waals surface area contributed by atoms with Crippen LogP contribution in [0.5, 0.6) is 0 Å². The second-order valence-electron chi connectivity index (χ2n) is 14.6. The Kier molecular flexibility index (Phi) is 22.2. The summed E-state index contributed by atoms with van der Waals surface area (Å²) in [5, 5.41) is 15.8. The largest absolute Gasteiger partial charge is 0.465 e. The van der Waals surface area contributed by atoms with Crippen molar-refractivity contribution in [2.24, 2.45) is 11.7 Å². The predicted molar refractivity (Wildman–Crippen MR) is 227 cm³/mol. The van der Waals surface area contributed by atoms with Crippen molar-refractivity contribution < 1.29 is 24.2 Å². The molecule has 2 aromatic heterocycles. The first-order valence-corrected chi connectivity index (χ1v) is 21.8. The van der Waals surface area contributed by atoms with E-state index in [1.54, 1.807) is 24.3 Å². The van der Waals surface area contributed by atoms with Crippen molar-refractivity contribution in [1.29, 1.82) is 0 Å². The van der Waals surface area contributed by atoms with Gasteiger partial charge in [-0.15, -0.1) is 0 Å². The van der Waals surface area contributed by atoms with Crippen LogP contribution < -0.4 is 27.8 Å². The van der Waals surface area contributed by atoms with Crippen molar-refractivity contribution in [3.05, 3.63) is 40.3 Å². The molecule has 0 aliphatic carbocycles. The highest BCUT2D eigenvalue weighted by molar-refractivity contribution is 7.99. The number of aromatic nitrogens is 4. The summed E-state index contributed by atoms with van der Waals surface area (Å²) < 4.78 is 6.81. The summed E-state index contributed by atoms with van der Waals surface area (Å²) >= 11 is 1.41. The van der Waals surface area contributed by atoms with E-state index in [-0.39, 0.29) is 42.8 Å². The van der Waals surface area contributed by atoms with Crippen molar-refractivity contribution in [2.45, 2.75) is 136 Å². The number of imidazole rings is 1. The molecule has 3 aromatic rings. The van der Waals surface area contributed by atoms with E-state index in [1.807, 2.05) is 0 Å². The van der Waals surface area contributed by atoms with E-state index in [0.29, 0.717) is 47.3 Å². The van der Waals surface area contributed by atoms with Crippen molar-refractivity contribution in [3.8, 4) is 0 Å². The minimum Gasteiger partial charge on any atom is -0.465 e. The lowest BCUT2D eigenvalue weighted by atomic mass is 9.99. The van der Waals surface area contributed by atoms with Gasteiger partial charge in [-0.05, 0) is 30.5 Å². The number of carbonyl (C=O) groups is 3. The molecule has 0 bridgehead atoms. The summed E-state index contributed by atoms with van der Waals surface area (Å²) in [5.41, 5.74) is 13.8. The molecule has 0 unspecified atom stereocenters. The van der Waals surface area contributed by atoms with Gasteiger partial charge >= 0.3 is 11.7 Å². The van der Waals surface area contributed by atoms with Gasteiger partial charge in [-0.2, -0.15) is 21.7 Å². The van der Waals surface area contributed by atoms with Gasteiger partial charge in [0.25, 0.3) is 0 Å². The van der Waals surface area contributed by atoms with Gasteiger partial charge in [0.2, 0.25) is 11.9 Å². The second-order valence-corrected chi connectivity index (χ2v) is 15.7. The number of hydrogen-bond acceptors (Lipinski definition) is 12. The molecule has 0 fully saturated rings. The fourth-order valence-corrected chi connectivity index (χ4v) is 7.09. The molecule has 8 N–H and O–H groups in total. The monoisotopic (exact) mass is 798 g/mol. The molecule has 1 amide bonds. The number of aromatic amines is 1. The van der Waals surface area contributed by atoms with E-state index < -0.39 is 24.5 Å². The van der Waals surface area contributed by atoms with Crippen LogP contribution in [0.1, 0.15) is 129 Å². The topological polar surface area (TPSA) is 220 Å². The van der Waals surface area contributed by atoms with Crippen LogP contribution in [0.15, 0.2) is 29.1 Å². The quantitative estimate of drug-likeness (QED) is 0.0301. The average Bonchev–Trinajstić information content (AvgIpc) is 3.50. The molecule has 2 heterocycles. The van der Waals surface area contributed by atoms with Crippen LogP contribution in [0.25, 0.3) is 11.2 Å². The Morgan fingerprint density at radius 2 is 1.54 bits per heavy atom. The highest BCUT2D eigenvalue weighted by Gasteiger charge is 2.25. The summed E-state index contributed by atoms with van der Waals surface area (Å²) in [6, 6.07) is 6.06. The summed E-state index contributed by atoms with van der Waals surface area (Å²) in [6.45, 7) is 4.94. The molecule has 14 nitrogen and oxygen atoms in total. The molecule has 312 valence electrons. The standard InChI is InChI=1S/C41H66N8O6S/c1-3-5-7-8-9-10-11-12-13-14-15-16-17-18-35(52)55-24-25-56-29-33(42)34(51)26-31(28-50)39(53)45-32-21-19-30(20-22-32)27-49-38-36(46-41(49)54)37(43)47-40(48-38)44-23-6-4-2/h19-22,31,33,50H,3-18,23-29,42H2,1-2H3,(H,45,53)(H,46,54)(H3,43,44,47,48)/t31-,33+/m0/s1. The van der Waals surface area contributed by atoms with Gasteiger partial charge in [0, 0.05) is 36.6 Å². The van der Waals surface area contributed by atoms with Crippen LogP contribution in [-0.4, -0.2) is 79.6 Å². The van der Waals surface area contributed by atoms with Crippen LogP contribution >= 0.6 is 11.8 Å². The van der Waals surface area contributed by atoms with E-state index in [1.165, 1.54) is 80.5 Å². The first-order valence-electron chi connectivity index (χ1n) is 20.7. The Bertz CT molecular complexity index is 1660. The van der Waals surface area contributed by atoms with Gasteiger partial charge in [0.15, 0.2) is 17.2 Å². The highest BCUT2D eigenvalue weighted by Crippen LogP contribution is 2.20. The molecule has 56 heavy (non-hydrogen) atoms. The lowest BCUT2D eigenvalue weighted by molar-refractivity contribution is -0.143. The fraction of sp³-hybridized carbons (Fsp3) is 0.659. The SMILES string of the molecule is CCCCCCCCCCCCCCCC(=O)OCCSC[C@@H](N)C(=O)C[C@@H](CO)C(=O)Nc1ccc(Cn2c(=O)[nH]c3c(N)nc(NCCCC)nc32)cc1. The number of aliphatic hydroxyl groups excluding tert-OH is 1. The molecule has 0 saturated carbocycles. The Hall–Kier alpha value is -3.95. The van der Waals surface area contributed by atoms with E-state index in [2.05, 4.69) is 39.4 Å². The minimum atomic E-state index is -0.973. The van der Waals surface area contributed by atoms with Crippen molar-refractivity contribution in [3.63, 3.8) is 0 Å². The van der Waals surface area contributed by atoms with Crippen molar-refractivity contribution in [2.75, 3.05) is 47.6 Å². The molecule has 0 spiro atoms. The van der Waals surface area contributed by atoms with Gasteiger partial charge < -0.3 is 36.9 Å². The fourth-order valence-electron chi connectivity index (χ4n) is 6.29. The zero-order chi connectivity index (χ0) is 40.5. The van der Waals surface area contributed by atoms with Crippen molar-refractivity contribution >= 4 is 58.0 Å². The van der Waals surface area contributed by atoms with Crippen LogP contribution in [0.2, 0.25) is 0 Å². The molecule has 15 heteroatoms. The van der Waals surface area contributed by atoms with Gasteiger partial charge in [0.1, 0.15) is 12.1 Å². The number of nitrogens with two attached hydrogens (primary N) is 2. The number of ether oxygens (including phenoxy) is 1. The first-order chi connectivity index (χ1) is 27.2. The number of rotatable bonds is 31. The molecule has 0 aliphatic heterocycles. The number of ketones is 1. The number of benzene rings is 1. The molecular formula is C41H66N8O6S. The van der Waals surface area contributed by atoms with Crippen molar-refractivity contribution in [1.82, 2.24) is 19.5 Å². The number of esters is 1. The Morgan fingerprint density at radius 3 is 2.16 bits per heavy atom. The van der Waals surface area contributed by atoms with Gasteiger partial charge in [-0.25, -0.2) is 4.79 Å². The number of amides is 1. The third-order valence-corrected chi connectivity index (χ3v) is 10.8. The first kappa shape index (κ1) is 46.4. The number of aliphatic hydroxyl groups is 1. The van der Waals surface area contributed by atoms with Crippen LogP contribution in [0.4, 0.5) is 17.5 Å². The molecule has 0 saturated heterocycles. The number of nitrogens with one attached hydrogen (secondary N) is 3. The zero-order valence-electron chi connectivity index (χ0n) is 33.6. The number of thioether (sulfide) groups is 1. The Morgan fingerprint density at radius 1 is 0.911 bits per heavy atom. The van der Waals surface area contributed by atoms with E-state index in [4.69, 9.17) is 16.2 Å². The summed E-state index contributed by atoms with van der Waals surface area (Å²) in [4.78, 5) is 62.1. The number of anilines is 3. The summed E-state index contributed by atoms with van der Waals surface area (Å²) in [6.07, 6.45) is 18.5. The number of fused-ring (bicyclic) bond motifs is 1. The van der Waals surface area contributed by atoms with E-state index in [0.717, 1.165) is 37.7 Å². The Labute approximate surface area is 336 Å². The average molecular weight is 799 g/mol. The van der Waals surface area contributed by atoms with Gasteiger partial charge in [0.05, 0.1) is 25.1 Å². The summed E-state index contributed by atoms with van der Waals surface area (Å²) in [5.74, 6) is -0.670. The molecule has 3 rings (SSSR count). The van der Waals surface area contributed by atoms with Crippen LogP contribution in [-0.2, 0) is 25.7 Å². The van der Waals surface area contributed by atoms with Crippen LogP contribution in [0.3, 0.4) is 0 Å². The smallest absolute Gasteiger partial charge is 0.328 e. The normalized spacial score (nSPS) is 12.4. The zero-order valence-corrected chi connectivity index (χ0v) is 34.4. The number of hydrogen-bond donors (Lipinski definition) is 6. The molecule has 1 aromatic carbocycles. The number of carbonyl (C=O) groups excluding carboxylic acids is 3. The minimum absolute atomic E-state index is 0.174. The van der Waals surface area contributed by atoms with E-state index in [9.17, 15) is 24.3 Å². The summed E-state index contributed by atoms with van der Waals surface area (Å²) in [7, 11) is 0. The number of nitrogen functional groups attached to an aromatic ring is 1. The maximum atomic E-state index is 13.0. The van der Waals surface area contributed by atoms with Gasteiger partial charge in [-0.3, -0.25) is 19.0 Å². The second kappa shape index (κ2) is 26.8. The molecular weight excluding hydrogens is 733 g/mol. The number of unbranched alkanes of at least 4 members (excludes halogenated alkanes) is 13. The molecule has 2 atom stereocenters. The number of H-pyrrole nitrogens is 1. The molecule has 0 radical (unpaired) electrons. The maximum absolute atomic E-state index is 13.0. The third kappa shape index (κ3) is 17.0. The molecule has 0 aliphatic rings. The number of Topliss-reactive ketones (excluding diaryl/α,β-unsaturated/α-hetero) is 1. The Balaban J connectivity index is 1.30. The number of nitrogens with zero attached hydrogens (tertiary/aromatic N) is 3.